The highest BCUT2D eigenvalue weighted by Crippen LogP contribution is 2.34. The lowest BCUT2D eigenvalue weighted by molar-refractivity contribution is -0.137. The van der Waals surface area contributed by atoms with E-state index < -0.39 is 0 Å². The molecule has 1 aliphatic heterocycles. The largest absolute Gasteiger partial charge is 0.493 e. The molecule has 33 heavy (non-hydrogen) atoms. The monoisotopic (exact) mass is 442 g/mol. The first-order valence-electron chi connectivity index (χ1n) is 10.6. The summed E-state index contributed by atoms with van der Waals surface area (Å²) in [4.78, 5) is 28.2. The van der Waals surface area contributed by atoms with Crippen LogP contribution in [0.15, 0.2) is 72.4 Å². The Labute approximate surface area is 193 Å². The van der Waals surface area contributed by atoms with E-state index in [2.05, 4.69) is 5.32 Å². The highest BCUT2D eigenvalue weighted by molar-refractivity contribution is 6.36. The first kappa shape index (κ1) is 22.1. The van der Waals surface area contributed by atoms with Crippen LogP contribution in [0.1, 0.15) is 22.3 Å². The number of carbonyl (C=O) groups excluding carboxylic acids is 2. The number of methoxy groups -OCH3 is 2. The Kier molecular flexibility index (Phi) is 6.18. The van der Waals surface area contributed by atoms with Gasteiger partial charge in [-0.2, -0.15) is 0 Å². The van der Waals surface area contributed by atoms with Gasteiger partial charge in [0, 0.05) is 5.69 Å². The summed E-state index contributed by atoms with van der Waals surface area (Å²) in [6, 6.07) is 20.6. The highest BCUT2D eigenvalue weighted by Gasteiger charge is 2.39. The number of ether oxygens (including phenoxy) is 2. The summed E-state index contributed by atoms with van der Waals surface area (Å²) in [5.74, 6) is 0.418. The number of amides is 2. The van der Waals surface area contributed by atoms with Crippen LogP contribution in [0.5, 0.6) is 11.5 Å². The normalized spacial score (nSPS) is 13.5. The third kappa shape index (κ3) is 4.32. The molecule has 2 amide bonds. The van der Waals surface area contributed by atoms with Gasteiger partial charge in [0.05, 0.1) is 26.3 Å². The molecule has 6 nitrogen and oxygen atoms in total. The van der Waals surface area contributed by atoms with E-state index in [1.165, 1.54) is 4.90 Å². The van der Waals surface area contributed by atoms with Gasteiger partial charge in [-0.3, -0.25) is 14.5 Å². The fraction of sp³-hybridized carbons (Fsp3) is 0.185. The van der Waals surface area contributed by atoms with Crippen LogP contribution in [-0.4, -0.2) is 30.9 Å². The van der Waals surface area contributed by atoms with Crippen molar-refractivity contribution >= 4 is 23.1 Å². The van der Waals surface area contributed by atoms with Crippen molar-refractivity contribution in [1.82, 2.24) is 4.90 Å². The second-order valence-electron chi connectivity index (χ2n) is 7.95. The molecule has 6 heteroatoms. The van der Waals surface area contributed by atoms with Gasteiger partial charge in [-0.25, -0.2) is 0 Å². The average molecular weight is 443 g/mol. The maximum Gasteiger partial charge on any atom is 0.278 e. The van der Waals surface area contributed by atoms with Crippen LogP contribution in [0, 0.1) is 13.8 Å². The molecule has 168 valence electrons. The summed E-state index contributed by atoms with van der Waals surface area (Å²) in [5, 5.41) is 3.24. The minimum absolute atomic E-state index is 0.117. The van der Waals surface area contributed by atoms with Crippen LogP contribution in [-0.2, 0) is 16.1 Å². The lowest BCUT2D eigenvalue weighted by Gasteiger charge is -2.17. The Morgan fingerprint density at radius 1 is 0.818 bits per heavy atom. The van der Waals surface area contributed by atoms with Crippen molar-refractivity contribution < 1.29 is 19.1 Å². The maximum absolute atomic E-state index is 13.5. The van der Waals surface area contributed by atoms with E-state index in [1.807, 2.05) is 68.4 Å². The minimum Gasteiger partial charge on any atom is -0.493 e. The lowest BCUT2D eigenvalue weighted by atomic mass is 10.0. The molecule has 3 aromatic carbocycles. The number of hydrogen-bond donors (Lipinski definition) is 1. The van der Waals surface area contributed by atoms with E-state index in [1.54, 1.807) is 26.4 Å². The minimum atomic E-state index is -0.367. The Bertz CT molecular complexity index is 1250. The Balaban J connectivity index is 1.72. The Morgan fingerprint density at radius 2 is 1.55 bits per heavy atom. The number of benzene rings is 3. The van der Waals surface area contributed by atoms with Crippen LogP contribution >= 0.6 is 0 Å². The number of nitrogens with one attached hydrogen (secondary N) is 1. The first-order valence-corrected chi connectivity index (χ1v) is 10.6. The highest BCUT2D eigenvalue weighted by atomic mass is 16.5. The van der Waals surface area contributed by atoms with Gasteiger partial charge in [-0.05, 0) is 48.7 Å². The molecular weight excluding hydrogens is 416 g/mol. The summed E-state index contributed by atoms with van der Waals surface area (Å²) < 4.78 is 10.7. The van der Waals surface area contributed by atoms with E-state index in [9.17, 15) is 9.59 Å². The molecule has 0 radical (unpaired) electrons. The van der Waals surface area contributed by atoms with E-state index in [4.69, 9.17) is 9.47 Å². The van der Waals surface area contributed by atoms with Gasteiger partial charge in [-0.1, -0.05) is 54.1 Å². The molecule has 1 heterocycles. The number of carbonyl (C=O) groups is 2. The van der Waals surface area contributed by atoms with Gasteiger partial charge < -0.3 is 14.8 Å². The molecule has 0 saturated carbocycles. The van der Waals surface area contributed by atoms with Crippen LogP contribution in [0.4, 0.5) is 5.69 Å². The zero-order valence-electron chi connectivity index (χ0n) is 19.1. The van der Waals surface area contributed by atoms with Crippen molar-refractivity contribution in [1.29, 1.82) is 0 Å². The smallest absolute Gasteiger partial charge is 0.278 e. The number of aryl methyl sites for hydroxylation is 2. The Hall–Kier alpha value is -4.06. The zero-order valence-corrected chi connectivity index (χ0v) is 19.1. The van der Waals surface area contributed by atoms with Crippen LogP contribution in [0.3, 0.4) is 0 Å². The van der Waals surface area contributed by atoms with Gasteiger partial charge in [0.1, 0.15) is 5.70 Å². The van der Waals surface area contributed by atoms with Crippen LogP contribution in [0.25, 0.3) is 5.57 Å². The van der Waals surface area contributed by atoms with Crippen molar-refractivity contribution in [2.45, 2.75) is 20.4 Å². The second kappa shape index (κ2) is 9.20. The molecule has 0 bridgehead atoms. The van der Waals surface area contributed by atoms with E-state index in [-0.39, 0.29) is 24.1 Å². The molecule has 0 aliphatic carbocycles. The molecule has 0 fully saturated rings. The number of hydrogen-bond acceptors (Lipinski definition) is 5. The molecule has 1 aliphatic rings. The number of rotatable bonds is 7. The SMILES string of the molecule is COc1ccc(CN2C(=O)C(Nc3ccc(C)cc3C)=C(c3ccccc3)C2=O)cc1OC. The Morgan fingerprint density at radius 3 is 2.21 bits per heavy atom. The number of imide groups is 1. The molecule has 1 N–H and O–H groups in total. The fourth-order valence-electron chi connectivity index (χ4n) is 3.96. The number of anilines is 1. The predicted octanol–water partition coefficient (Wildman–Crippen LogP) is 4.71. The van der Waals surface area contributed by atoms with Crippen molar-refractivity contribution in [3.8, 4) is 11.5 Å². The van der Waals surface area contributed by atoms with Gasteiger partial charge in [-0.15, -0.1) is 0 Å². The molecule has 0 aromatic heterocycles. The second-order valence-corrected chi connectivity index (χ2v) is 7.95. The third-order valence-corrected chi connectivity index (χ3v) is 5.66. The summed E-state index contributed by atoms with van der Waals surface area (Å²) in [7, 11) is 3.11. The van der Waals surface area contributed by atoms with Gasteiger partial charge in [0.25, 0.3) is 11.8 Å². The zero-order chi connectivity index (χ0) is 23.5. The lowest BCUT2D eigenvalue weighted by Crippen LogP contribution is -2.32. The molecule has 0 atom stereocenters. The fourth-order valence-corrected chi connectivity index (χ4v) is 3.96. The molecule has 3 aromatic rings. The van der Waals surface area contributed by atoms with Crippen LogP contribution in [0.2, 0.25) is 0 Å². The summed E-state index contributed by atoms with van der Waals surface area (Å²) in [6.45, 7) is 4.10. The van der Waals surface area contributed by atoms with Gasteiger partial charge in [0.15, 0.2) is 11.5 Å². The predicted molar refractivity (Wildman–Crippen MR) is 128 cm³/mol. The quantitative estimate of drug-likeness (QED) is 0.537. The van der Waals surface area contributed by atoms with E-state index >= 15 is 0 Å². The van der Waals surface area contributed by atoms with Crippen LogP contribution < -0.4 is 14.8 Å². The molecular formula is C27H26N2O4. The number of nitrogens with zero attached hydrogens (tertiary/aromatic N) is 1. The summed E-state index contributed by atoms with van der Waals surface area (Å²) in [5.41, 5.74) is 5.00. The van der Waals surface area contributed by atoms with Crippen molar-refractivity contribution in [2.24, 2.45) is 0 Å². The molecule has 0 spiro atoms. The third-order valence-electron chi connectivity index (χ3n) is 5.66. The average Bonchev–Trinajstić information content (AvgIpc) is 3.05. The maximum atomic E-state index is 13.5. The van der Waals surface area contributed by atoms with E-state index in [0.717, 1.165) is 22.4 Å². The first-order chi connectivity index (χ1) is 15.9. The van der Waals surface area contributed by atoms with Gasteiger partial charge >= 0.3 is 0 Å². The van der Waals surface area contributed by atoms with Crippen molar-refractivity contribution in [3.05, 3.63) is 94.7 Å². The van der Waals surface area contributed by atoms with Crippen molar-refractivity contribution in [3.63, 3.8) is 0 Å². The standard InChI is InChI=1S/C27H26N2O4/c1-17-10-12-21(18(2)14-17)28-25-24(20-8-6-5-7-9-20)26(30)29(27(25)31)16-19-11-13-22(32-3)23(15-19)33-4/h5-15,28H,16H2,1-4H3. The topological polar surface area (TPSA) is 67.9 Å². The summed E-state index contributed by atoms with van der Waals surface area (Å²) in [6.07, 6.45) is 0. The molecule has 4 rings (SSSR count). The molecule has 0 saturated heterocycles. The summed E-state index contributed by atoms with van der Waals surface area (Å²) >= 11 is 0. The molecule has 0 unspecified atom stereocenters. The van der Waals surface area contributed by atoms with Gasteiger partial charge in [0.2, 0.25) is 0 Å². The van der Waals surface area contributed by atoms with E-state index in [0.29, 0.717) is 22.6 Å². The van der Waals surface area contributed by atoms with Crippen molar-refractivity contribution in [2.75, 3.05) is 19.5 Å².